The molecule has 1 fully saturated rings. The molecule has 552 valence electrons. The van der Waals surface area contributed by atoms with Crippen molar-refractivity contribution in [3.8, 4) is 0 Å². The summed E-state index contributed by atoms with van der Waals surface area (Å²) in [6.45, 7) is 43.7. The van der Waals surface area contributed by atoms with Crippen LogP contribution >= 0.6 is 0 Å². The van der Waals surface area contributed by atoms with Crippen molar-refractivity contribution in [2.75, 3.05) is 52.9 Å². The van der Waals surface area contributed by atoms with Gasteiger partial charge in [-0.2, -0.15) is 0 Å². The molecule has 0 aromatic heterocycles. The van der Waals surface area contributed by atoms with Gasteiger partial charge in [0.2, 0.25) is 0 Å². The molecule has 1 heterocycles. The van der Waals surface area contributed by atoms with E-state index in [4.69, 9.17) is 18.9 Å². The zero-order chi connectivity index (χ0) is 68.0. The SMILES string of the molecule is C[C@@H]1CCC[C@@H](C)CCC[C@@H](C)CC[C@H](C)CCC[C@H](C)CCC[C@@H](C)CCC[C@@H](C)CCO[C@H](CO)COCC[C@@H](C)CCC[C@@H](C)CCC[C@H](C)CCC[C@@H](C)CC[C@@H](C)CCC[C@H](C)CCC[C@@H](C)CCC[C@@H](C)CCO[C@H](CO)COCC[C@H](C)CCC1. The van der Waals surface area contributed by atoms with Gasteiger partial charge in [0.15, 0.2) is 0 Å². The molecule has 0 aromatic rings. The van der Waals surface area contributed by atoms with E-state index >= 15 is 0 Å². The van der Waals surface area contributed by atoms with Crippen LogP contribution in [0.15, 0.2) is 0 Å². The van der Waals surface area contributed by atoms with Gasteiger partial charge in [0.25, 0.3) is 0 Å². The van der Waals surface area contributed by atoms with Gasteiger partial charge in [-0.1, -0.05) is 368 Å². The van der Waals surface area contributed by atoms with Crippen LogP contribution in [0.4, 0.5) is 0 Å². The lowest BCUT2D eigenvalue weighted by molar-refractivity contribution is -0.0471. The number of aliphatic hydroxyl groups excluding tert-OH is 2. The lowest BCUT2D eigenvalue weighted by atomic mass is 9.88. The van der Waals surface area contributed by atoms with Crippen LogP contribution in [-0.4, -0.2) is 75.3 Å². The standard InChI is InChI=1S/C86H172O6/c1-69-29-17-33-73(5)41-25-49-81(13)57-61-89-67-85(65-87)91-63-59-83(15)52-28-44-76(8)36-20-32-72(4)40-24-48-80(12)56-54-78(10)46-22-38-70(2)30-18-34-74(6)42-26-50-82(14)58-62-90-68-86(66-88)92-64-60-84(16)51-27-43-75(7)35-19-31-71(3)39-23-47-79(11)55-53-77(9)45-21-37-69/h69-88H,17-68H2,1-16H3/t69-,70+,71-,72-,73-,74+,75-,76-,77-,78-,79-,80+,81-,82+,83-,84-,85-,86-/m1/s1. The predicted molar refractivity (Wildman–Crippen MR) is 405 cm³/mol. The molecule has 1 rings (SSSR count). The minimum atomic E-state index is -0.203. The second-order valence-corrected chi connectivity index (χ2v) is 34.7. The average Bonchev–Trinajstić information content (AvgIpc) is 3.72. The van der Waals surface area contributed by atoms with Crippen molar-refractivity contribution in [2.45, 2.75) is 406 Å². The van der Waals surface area contributed by atoms with Crippen molar-refractivity contribution in [1.82, 2.24) is 0 Å². The van der Waals surface area contributed by atoms with E-state index < -0.39 is 0 Å². The molecule has 1 aliphatic heterocycles. The molecule has 6 nitrogen and oxygen atoms in total. The Morgan fingerprint density at radius 1 is 0.185 bits per heavy atom. The molecule has 0 unspecified atom stereocenters. The fourth-order valence-electron chi connectivity index (χ4n) is 15.4. The Kier molecular flexibility index (Phi) is 59.2. The minimum Gasteiger partial charge on any atom is -0.394 e. The molecule has 0 spiro atoms. The molecule has 6 heteroatoms. The van der Waals surface area contributed by atoms with Crippen LogP contribution in [0.1, 0.15) is 393 Å². The summed E-state index contributed by atoms with van der Waals surface area (Å²) in [6, 6.07) is 0. The van der Waals surface area contributed by atoms with Crippen molar-refractivity contribution in [3.63, 3.8) is 0 Å². The second-order valence-electron chi connectivity index (χ2n) is 34.7. The summed E-state index contributed by atoms with van der Waals surface area (Å²) in [7, 11) is 0. The Labute approximate surface area is 579 Å². The fourth-order valence-corrected chi connectivity index (χ4v) is 15.4. The zero-order valence-electron chi connectivity index (χ0n) is 65.7. The molecule has 1 saturated heterocycles. The highest BCUT2D eigenvalue weighted by Crippen LogP contribution is 2.31. The smallest absolute Gasteiger partial charge is 0.104 e. The van der Waals surface area contributed by atoms with Gasteiger partial charge in [-0.05, 0) is 120 Å². The Bertz CT molecular complexity index is 1410. The lowest BCUT2D eigenvalue weighted by Gasteiger charge is -2.19. The molecule has 0 aromatic carbocycles. The van der Waals surface area contributed by atoms with Crippen LogP contribution in [0.3, 0.4) is 0 Å². The van der Waals surface area contributed by atoms with Crippen molar-refractivity contribution in [1.29, 1.82) is 0 Å². The maximum absolute atomic E-state index is 10.0. The van der Waals surface area contributed by atoms with Gasteiger partial charge in [-0.25, -0.2) is 0 Å². The third kappa shape index (κ3) is 56.6. The number of hydrogen-bond acceptors (Lipinski definition) is 6. The van der Waals surface area contributed by atoms with Crippen molar-refractivity contribution in [2.24, 2.45) is 94.7 Å². The highest BCUT2D eigenvalue weighted by molar-refractivity contribution is 4.70. The lowest BCUT2D eigenvalue weighted by Crippen LogP contribution is -2.25. The number of rotatable bonds is 2. The summed E-state index contributed by atoms with van der Waals surface area (Å²) in [6.07, 6.45) is 59.0. The highest BCUT2D eigenvalue weighted by Gasteiger charge is 2.18. The normalized spacial score (nSPS) is 36.1. The summed E-state index contributed by atoms with van der Waals surface area (Å²) in [5, 5.41) is 20.1. The van der Waals surface area contributed by atoms with Crippen LogP contribution in [0.5, 0.6) is 0 Å². The minimum absolute atomic E-state index is 0.0415. The van der Waals surface area contributed by atoms with E-state index in [0.29, 0.717) is 36.9 Å². The van der Waals surface area contributed by atoms with Gasteiger partial charge < -0.3 is 29.2 Å². The van der Waals surface area contributed by atoms with E-state index in [1.165, 1.54) is 257 Å². The molecule has 0 bridgehead atoms. The molecule has 2 N–H and O–H groups in total. The van der Waals surface area contributed by atoms with Crippen LogP contribution in [0, 0.1) is 94.7 Å². The first-order chi connectivity index (χ1) is 44.2. The molecular weight excluding hydrogens is 1130 g/mol. The summed E-state index contributed by atoms with van der Waals surface area (Å²) < 4.78 is 24.4. The van der Waals surface area contributed by atoms with Gasteiger partial charge in [0.05, 0.1) is 26.4 Å². The van der Waals surface area contributed by atoms with Gasteiger partial charge in [0, 0.05) is 26.4 Å². The molecule has 0 aliphatic carbocycles. The van der Waals surface area contributed by atoms with E-state index in [1.54, 1.807) is 0 Å². The van der Waals surface area contributed by atoms with Crippen molar-refractivity contribution >= 4 is 0 Å². The Balaban J connectivity index is 2.51. The summed E-state index contributed by atoms with van der Waals surface area (Å²) in [4.78, 5) is 0. The van der Waals surface area contributed by atoms with Crippen LogP contribution in [-0.2, 0) is 18.9 Å². The van der Waals surface area contributed by atoms with E-state index in [1.807, 2.05) is 0 Å². The number of aliphatic hydroxyl groups is 2. The molecule has 0 amide bonds. The maximum atomic E-state index is 10.0. The third-order valence-electron chi connectivity index (χ3n) is 23.5. The molecule has 18 atom stereocenters. The maximum Gasteiger partial charge on any atom is 0.104 e. The summed E-state index contributed by atoms with van der Waals surface area (Å²) in [5.41, 5.74) is 0. The first-order valence-corrected chi connectivity index (χ1v) is 41.8. The fraction of sp³-hybridized carbons (Fsp3) is 1.00. The van der Waals surface area contributed by atoms with Gasteiger partial charge >= 0.3 is 0 Å². The quantitative estimate of drug-likeness (QED) is 0.287. The van der Waals surface area contributed by atoms with E-state index in [2.05, 4.69) is 111 Å². The van der Waals surface area contributed by atoms with Crippen LogP contribution < -0.4 is 0 Å². The number of hydrogen-bond donors (Lipinski definition) is 2. The molecule has 1 aliphatic rings. The monoisotopic (exact) mass is 1300 g/mol. The first-order valence-electron chi connectivity index (χ1n) is 41.8. The van der Waals surface area contributed by atoms with E-state index in [0.717, 1.165) is 123 Å². The van der Waals surface area contributed by atoms with Crippen molar-refractivity contribution < 1.29 is 29.2 Å². The van der Waals surface area contributed by atoms with E-state index in [-0.39, 0.29) is 25.4 Å². The molecule has 0 saturated carbocycles. The second kappa shape index (κ2) is 60.7. The van der Waals surface area contributed by atoms with E-state index in [9.17, 15) is 10.2 Å². The summed E-state index contributed by atoms with van der Waals surface area (Å²) in [5.74, 6) is 12.9. The Morgan fingerprint density at radius 2 is 0.315 bits per heavy atom. The predicted octanol–water partition coefficient (Wildman–Crippen LogP) is 26.1. The average molecular weight is 1300 g/mol. The third-order valence-corrected chi connectivity index (χ3v) is 23.5. The Morgan fingerprint density at radius 3 is 0.467 bits per heavy atom. The van der Waals surface area contributed by atoms with Gasteiger partial charge in [-0.3, -0.25) is 0 Å². The molecule has 0 radical (unpaired) electrons. The first kappa shape index (κ1) is 89.8. The van der Waals surface area contributed by atoms with Crippen molar-refractivity contribution in [3.05, 3.63) is 0 Å². The summed E-state index contributed by atoms with van der Waals surface area (Å²) >= 11 is 0. The van der Waals surface area contributed by atoms with Gasteiger partial charge in [0.1, 0.15) is 12.2 Å². The molecule has 92 heavy (non-hydrogen) atoms. The topological polar surface area (TPSA) is 77.4 Å². The Hall–Kier alpha value is -0.240. The highest BCUT2D eigenvalue weighted by atomic mass is 16.5. The largest absolute Gasteiger partial charge is 0.394 e. The van der Waals surface area contributed by atoms with Crippen LogP contribution in [0.25, 0.3) is 0 Å². The van der Waals surface area contributed by atoms with Gasteiger partial charge in [-0.15, -0.1) is 0 Å². The zero-order valence-corrected chi connectivity index (χ0v) is 65.7. The molecular formula is C86H172O6. The van der Waals surface area contributed by atoms with Crippen LogP contribution in [0.2, 0.25) is 0 Å². The number of ether oxygens (including phenoxy) is 4.